The molecule has 0 spiro atoms. The van der Waals surface area contributed by atoms with Crippen molar-refractivity contribution in [1.82, 2.24) is 10.3 Å². The van der Waals surface area contributed by atoms with Crippen LogP contribution >= 0.6 is 11.3 Å². The maximum atomic E-state index is 4.45. The van der Waals surface area contributed by atoms with Crippen molar-refractivity contribution in [2.75, 3.05) is 7.05 Å². The van der Waals surface area contributed by atoms with Gasteiger partial charge >= 0.3 is 0 Å². The number of thiophene rings is 1. The predicted octanol–water partition coefficient (Wildman–Crippen LogP) is 3.07. The Balaban J connectivity index is 2.40. The predicted molar refractivity (Wildman–Crippen MR) is 68.9 cm³/mol. The van der Waals surface area contributed by atoms with E-state index >= 15 is 0 Å². The first kappa shape index (κ1) is 11.3. The molecular weight excluding hydrogens is 216 g/mol. The first-order valence-electron chi connectivity index (χ1n) is 5.36. The van der Waals surface area contributed by atoms with E-state index in [1.54, 1.807) is 11.3 Å². The fourth-order valence-electron chi connectivity index (χ4n) is 1.87. The van der Waals surface area contributed by atoms with Gasteiger partial charge in [0.2, 0.25) is 0 Å². The molecule has 0 aromatic carbocycles. The second kappa shape index (κ2) is 4.76. The number of aryl methyl sites for hydroxylation is 2. The highest BCUT2D eigenvalue weighted by Crippen LogP contribution is 2.26. The maximum absolute atomic E-state index is 4.45. The first-order chi connectivity index (χ1) is 7.72. The van der Waals surface area contributed by atoms with Gasteiger partial charge in [-0.3, -0.25) is 4.98 Å². The number of hydrogen-bond acceptors (Lipinski definition) is 3. The summed E-state index contributed by atoms with van der Waals surface area (Å²) >= 11 is 1.78. The van der Waals surface area contributed by atoms with Crippen LogP contribution in [-0.4, -0.2) is 12.0 Å². The van der Waals surface area contributed by atoms with Gasteiger partial charge in [0.1, 0.15) is 0 Å². The van der Waals surface area contributed by atoms with Gasteiger partial charge in [-0.2, -0.15) is 0 Å². The topological polar surface area (TPSA) is 24.9 Å². The molecule has 2 aromatic rings. The van der Waals surface area contributed by atoms with Crippen molar-refractivity contribution < 1.29 is 0 Å². The summed E-state index contributed by atoms with van der Waals surface area (Å²) in [4.78, 5) is 5.80. The van der Waals surface area contributed by atoms with Crippen LogP contribution < -0.4 is 5.32 Å². The van der Waals surface area contributed by atoms with Crippen molar-refractivity contribution in [1.29, 1.82) is 0 Å². The van der Waals surface area contributed by atoms with Crippen LogP contribution in [0, 0.1) is 13.8 Å². The van der Waals surface area contributed by atoms with Crippen LogP contribution in [0.3, 0.4) is 0 Å². The molecule has 1 atom stereocenters. The van der Waals surface area contributed by atoms with E-state index in [1.807, 2.05) is 19.3 Å². The Bertz CT molecular complexity index is 476. The third-order valence-electron chi connectivity index (χ3n) is 2.73. The average molecular weight is 232 g/mol. The lowest BCUT2D eigenvalue weighted by Crippen LogP contribution is -2.19. The Morgan fingerprint density at radius 3 is 2.69 bits per heavy atom. The van der Waals surface area contributed by atoms with E-state index in [-0.39, 0.29) is 6.04 Å². The van der Waals surface area contributed by atoms with Gasteiger partial charge in [0, 0.05) is 11.1 Å². The summed E-state index contributed by atoms with van der Waals surface area (Å²) in [7, 11) is 1.98. The van der Waals surface area contributed by atoms with Crippen molar-refractivity contribution in [3.63, 3.8) is 0 Å². The molecule has 0 saturated carbocycles. The van der Waals surface area contributed by atoms with Gasteiger partial charge in [-0.15, -0.1) is 11.3 Å². The normalized spacial score (nSPS) is 12.7. The van der Waals surface area contributed by atoms with Crippen LogP contribution in [0.25, 0.3) is 0 Å². The molecule has 0 radical (unpaired) electrons. The summed E-state index contributed by atoms with van der Waals surface area (Å²) in [5.74, 6) is 0. The minimum absolute atomic E-state index is 0.200. The van der Waals surface area contributed by atoms with Gasteiger partial charge < -0.3 is 5.32 Å². The quantitative estimate of drug-likeness (QED) is 0.879. The SMILES string of the molecule is CNC(c1cc(C)ccn1)c1ccsc1C. The molecule has 3 heteroatoms. The highest BCUT2D eigenvalue weighted by Gasteiger charge is 2.15. The zero-order valence-electron chi connectivity index (χ0n) is 9.82. The monoisotopic (exact) mass is 232 g/mol. The lowest BCUT2D eigenvalue weighted by Gasteiger charge is -2.16. The molecule has 0 amide bonds. The molecule has 1 N–H and O–H groups in total. The second-order valence-corrected chi connectivity index (χ2v) is 5.03. The van der Waals surface area contributed by atoms with E-state index in [2.05, 4.69) is 41.7 Å². The maximum Gasteiger partial charge on any atom is 0.0759 e. The van der Waals surface area contributed by atoms with Gasteiger partial charge in [0.15, 0.2) is 0 Å². The molecule has 84 valence electrons. The minimum atomic E-state index is 0.200. The van der Waals surface area contributed by atoms with Gasteiger partial charge in [0.25, 0.3) is 0 Å². The third kappa shape index (κ3) is 2.15. The number of pyridine rings is 1. The standard InChI is InChI=1S/C13H16N2S/c1-9-4-6-15-12(8-9)13(14-3)11-5-7-16-10(11)2/h4-8,13-14H,1-3H3. The van der Waals surface area contributed by atoms with Crippen molar-refractivity contribution in [3.8, 4) is 0 Å². The molecule has 2 heterocycles. The van der Waals surface area contributed by atoms with Crippen molar-refractivity contribution in [2.45, 2.75) is 19.9 Å². The Morgan fingerprint density at radius 1 is 1.31 bits per heavy atom. The second-order valence-electron chi connectivity index (χ2n) is 3.91. The number of nitrogens with one attached hydrogen (secondary N) is 1. The molecular formula is C13H16N2S. The zero-order valence-corrected chi connectivity index (χ0v) is 10.6. The molecule has 1 unspecified atom stereocenters. The smallest absolute Gasteiger partial charge is 0.0759 e. The number of rotatable bonds is 3. The number of hydrogen-bond donors (Lipinski definition) is 1. The average Bonchev–Trinajstić information content (AvgIpc) is 2.67. The Labute approximate surface area is 100 Å². The van der Waals surface area contributed by atoms with Gasteiger partial charge in [-0.1, -0.05) is 0 Å². The fourth-order valence-corrected chi connectivity index (χ4v) is 2.62. The molecule has 2 aromatic heterocycles. The lowest BCUT2D eigenvalue weighted by atomic mass is 10.0. The van der Waals surface area contributed by atoms with Gasteiger partial charge in [-0.05, 0) is 55.6 Å². The summed E-state index contributed by atoms with van der Waals surface area (Å²) in [5.41, 5.74) is 3.66. The van der Waals surface area contributed by atoms with Crippen LogP contribution in [0.15, 0.2) is 29.8 Å². The highest BCUT2D eigenvalue weighted by molar-refractivity contribution is 7.10. The largest absolute Gasteiger partial charge is 0.308 e. The van der Waals surface area contributed by atoms with Gasteiger partial charge in [-0.25, -0.2) is 0 Å². The van der Waals surface area contributed by atoms with Crippen LogP contribution in [0.2, 0.25) is 0 Å². The summed E-state index contributed by atoms with van der Waals surface area (Å²) in [6, 6.07) is 6.53. The summed E-state index contributed by atoms with van der Waals surface area (Å²) < 4.78 is 0. The number of nitrogens with zero attached hydrogens (tertiary/aromatic N) is 1. The van der Waals surface area contributed by atoms with E-state index in [1.165, 1.54) is 16.0 Å². The third-order valence-corrected chi connectivity index (χ3v) is 3.59. The van der Waals surface area contributed by atoms with E-state index in [9.17, 15) is 0 Å². The molecule has 0 saturated heterocycles. The molecule has 0 aliphatic rings. The Kier molecular flexibility index (Phi) is 3.36. The van der Waals surface area contributed by atoms with Crippen molar-refractivity contribution in [2.24, 2.45) is 0 Å². The molecule has 0 aliphatic carbocycles. The Hall–Kier alpha value is -1.19. The minimum Gasteiger partial charge on any atom is -0.308 e. The van der Waals surface area contributed by atoms with E-state index in [0.717, 1.165) is 5.69 Å². The van der Waals surface area contributed by atoms with Crippen LogP contribution in [-0.2, 0) is 0 Å². The Morgan fingerprint density at radius 2 is 2.12 bits per heavy atom. The van der Waals surface area contributed by atoms with Gasteiger partial charge in [0.05, 0.1) is 11.7 Å². The molecule has 16 heavy (non-hydrogen) atoms. The summed E-state index contributed by atoms with van der Waals surface area (Å²) in [6.07, 6.45) is 1.87. The summed E-state index contributed by atoms with van der Waals surface area (Å²) in [6.45, 7) is 4.25. The van der Waals surface area contributed by atoms with Crippen molar-refractivity contribution in [3.05, 3.63) is 51.5 Å². The summed E-state index contributed by atoms with van der Waals surface area (Å²) in [5, 5.41) is 5.46. The van der Waals surface area contributed by atoms with E-state index < -0.39 is 0 Å². The fraction of sp³-hybridized carbons (Fsp3) is 0.308. The number of aromatic nitrogens is 1. The zero-order chi connectivity index (χ0) is 11.5. The molecule has 0 aliphatic heterocycles. The first-order valence-corrected chi connectivity index (χ1v) is 6.24. The molecule has 2 rings (SSSR count). The highest BCUT2D eigenvalue weighted by atomic mass is 32.1. The van der Waals surface area contributed by atoms with E-state index in [4.69, 9.17) is 0 Å². The van der Waals surface area contributed by atoms with Crippen molar-refractivity contribution >= 4 is 11.3 Å². The van der Waals surface area contributed by atoms with Crippen LogP contribution in [0.1, 0.15) is 27.7 Å². The van der Waals surface area contributed by atoms with E-state index in [0.29, 0.717) is 0 Å². The molecule has 0 fully saturated rings. The lowest BCUT2D eigenvalue weighted by molar-refractivity contribution is 0.669. The van der Waals surface area contributed by atoms with Crippen LogP contribution in [0.5, 0.6) is 0 Å². The molecule has 0 bridgehead atoms. The van der Waals surface area contributed by atoms with Crippen LogP contribution in [0.4, 0.5) is 0 Å². The molecule has 2 nitrogen and oxygen atoms in total.